The fraction of sp³-hybridized carbons (Fsp3) is 0.176. The molecule has 0 atom stereocenters. The Balaban J connectivity index is 1.92. The predicted molar refractivity (Wildman–Crippen MR) is 95.1 cm³/mol. The molecule has 0 saturated heterocycles. The van der Waals surface area contributed by atoms with Crippen molar-refractivity contribution in [1.29, 1.82) is 0 Å². The van der Waals surface area contributed by atoms with Crippen LogP contribution in [0.1, 0.15) is 11.1 Å². The lowest BCUT2D eigenvalue weighted by atomic mass is 10.2. The average molecular weight is 342 g/mol. The summed E-state index contributed by atoms with van der Waals surface area (Å²) in [5, 5.41) is 17.8. The molecule has 0 aliphatic heterocycles. The number of hydrogen-bond acceptors (Lipinski definition) is 6. The van der Waals surface area contributed by atoms with Crippen molar-refractivity contribution in [3.63, 3.8) is 0 Å². The van der Waals surface area contributed by atoms with Crippen molar-refractivity contribution in [1.82, 2.24) is 5.43 Å². The molecule has 8 nitrogen and oxygen atoms in total. The number of carbonyl (C=O) groups is 1. The van der Waals surface area contributed by atoms with Crippen LogP contribution in [0.5, 0.6) is 5.75 Å². The van der Waals surface area contributed by atoms with Gasteiger partial charge in [-0.3, -0.25) is 14.9 Å². The molecule has 2 N–H and O–H groups in total. The number of nitro benzene ring substituents is 1. The van der Waals surface area contributed by atoms with E-state index in [9.17, 15) is 14.9 Å². The summed E-state index contributed by atoms with van der Waals surface area (Å²) in [7, 11) is 1.36. The van der Waals surface area contributed by atoms with Crippen LogP contribution in [0.2, 0.25) is 0 Å². The molecular weight excluding hydrogens is 324 g/mol. The first-order chi connectivity index (χ1) is 12.0. The highest BCUT2D eigenvalue weighted by molar-refractivity contribution is 5.85. The van der Waals surface area contributed by atoms with Crippen LogP contribution in [0.25, 0.3) is 0 Å². The summed E-state index contributed by atoms with van der Waals surface area (Å²) in [6.45, 7) is 2.00. The number of hydrazone groups is 1. The quantitative estimate of drug-likeness (QED) is 0.457. The minimum Gasteiger partial charge on any atom is -0.490 e. The van der Waals surface area contributed by atoms with Crippen LogP contribution in [0, 0.1) is 17.0 Å². The summed E-state index contributed by atoms with van der Waals surface area (Å²) < 4.78 is 4.92. The number of hydrogen-bond donors (Lipinski definition) is 2. The minimum absolute atomic E-state index is 0.0605. The first-order valence-corrected chi connectivity index (χ1v) is 7.45. The lowest BCUT2D eigenvalue weighted by Gasteiger charge is -2.07. The molecule has 0 aliphatic rings. The van der Waals surface area contributed by atoms with E-state index >= 15 is 0 Å². The van der Waals surface area contributed by atoms with Crippen molar-refractivity contribution in [3.8, 4) is 5.75 Å². The highest BCUT2D eigenvalue weighted by Crippen LogP contribution is 2.26. The van der Waals surface area contributed by atoms with Gasteiger partial charge in [0.25, 0.3) is 5.91 Å². The number of anilines is 1. The number of para-hydroxylation sites is 1. The molecular formula is C17H18N4O4. The molecule has 0 radical (unpaired) electrons. The fourth-order valence-electron chi connectivity index (χ4n) is 2.10. The Morgan fingerprint density at radius 3 is 2.76 bits per heavy atom. The van der Waals surface area contributed by atoms with Gasteiger partial charge in [0, 0.05) is 17.3 Å². The number of methoxy groups -OCH3 is 1. The second-order valence-electron chi connectivity index (χ2n) is 5.15. The number of nitrogens with one attached hydrogen (secondary N) is 2. The van der Waals surface area contributed by atoms with Crippen LogP contribution in [-0.2, 0) is 4.79 Å². The summed E-state index contributed by atoms with van der Waals surface area (Å²) in [6, 6.07) is 12.0. The SMILES string of the molecule is COc1ccc(C=NNC(=O)CNc2ccccc2C)cc1[N+](=O)[O-]. The second kappa shape index (κ2) is 8.44. The van der Waals surface area contributed by atoms with Crippen LogP contribution in [-0.4, -0.2) is 30.7 Å². The van der Waals surface area contributed by atoms with E-state index in [1.54, 1.807) is 6.07 Å². The molecule has 0 aliphatic carbocycles. The first kappa shape index (κ1) is 17.9. The third kappa shape index (κ3) is 5.03. The van der Waals surface area contributed by atoms with Gasteiger partial charge in [-0.1, -0.05) is 18.2 Å². The zero-order chi connectivity index (χ0) is 18.2. The van der Waals surface area contributed by atoms with E-state index in [-0.39, 0.29) is 23.9 Å². The summed E-state index contributed by atoms with van der Waals surface area (Å²) in [5.74, 6) is -0.170. The van der Waals surface area contributed by atoms with Gasteiger partial charge in [-0.15, -0.1) is 0 Å². The Bertz CT molecular complexity index is 805. The Labute approximate surface area is 144 Å². The van der Waals surface area contributed by atoms with Gasteiger partial charge in [0.2, 0.25) is 0 Å². The molecule has 0 saturated carbocycles. The van der Waals surface area contributed by atoms with Crippen molar-refractivity contribution in [2.45, 2.75) is 6.92 Å². The number of aryl methyl sites for hydroxylation is 1. The Hall–Kier alpha value is -3.42. The third-order valence-electron chi connectivity index (χ3n) is 3.39. The van der Waals surface area contributed by atoms with Crippen LogP contribution in [0.3, 0.4) is 0 Å². The first-order valence-electron chi connectivity index (χ1n) is 7.45. The molecule has 2 aromatic rings. The molecule has 1 amide bonds. The Morgan fingerprint density at radius 1 is 1.32 bits per heavy atom. The molecule has 0 bridgehead atoms. The number of benzene rings is 2. The Morgan fingerprint density at radius 2 is 2.08 bits per heavy atom. The summed E-state index contributed by atoms with van der Waals surface area (Å²) in [6.07, 6.45) is 1.33. The number of amides is 1. The van der Waals surface area contributed by atoms with Crippen LogP contribution in [0.15, 0.2) is 47.6 Å². The lowest BCUT2D eigenvalue weighted by molar-refractivity contribution is -0.385. The normalized spacial score (nSPS) is 10.5. The maximum Gasteiger partial charge on any atom is 0.311 e. The van der Waals surface area contributed by atoms with E-state index in [0.29, 0.717) is 5.56 Å². The number of rotatable bonds is 7. The topological polar surface area (TPSA) is 106 Å². The average Bonchev–Trinajstić information content (AvgIpc) is 2.61. The minimum atomic E-state index is -0.541. The van der Waals surface area contributed by atoms with E-state index in [1.165, 1.54) is 25.5 Å². The van der Waals surface area contributed by atoms with Crippen LogP contribution < -0.4 is 15.5 Å². The van der Waals surface area contributed by atoms with Gasteiger partial charge in [0.1, 0.15) is 0 Å². The summed E-state index contributed by atoms with van der Waals surface area (Å²) in [4.78, 5) is 22.2. The number of ether oxygens (including phenoxy) is 1. The standard InChI is InChI=1S/C17H18N4O4/c1-12-5-3-4-6-14(12)18-11-17(22)20-19-10-13-7-8-16(25-2)15(9-13)21(23)24/h3-10,18H,11H2,1-2H3,(H,20,22). The van der Waals surface area contributed by atoms with Gasteiger partial charge in [-0.25, -0.2) is 5.43 Å². The van der Waals surface area contributed by atoms with Gasteiger partial charge in [-0.2, -0.15) is 5.10 Å². The van der Waals surface area contributed by atoms with Gasteiger partial charge < -0.3 is 10.1 Å². The molecule has 0 unspecified atom stereocenters. The summed E-state index contributed by atoms with van der Waals surface area (Å²) in [5.41, 5.74) is 4.57. The number of nitrogens with zero attached hydrogens (tertiary/aromatic N) is 2. The molecule has 0 heterocycles. The lowest BCUT2D eigenvalue weighted by Crippen LogP contribution is -2.26. The molecule has 0 fully saturated rings. The third-order valence-corrected chi connectivity index (χ3v) is 3.39. The molecule has 0 aromatic heterocycles. The van der Waals surface area contributed by atoms with Crippen molar-refractivity contribution in [3.05, 3.63) is 63.7 Å². The van der Waals surface area contributed by atoms with E-state index < -0.39 is 4.92 Å². The molecule has 8 heteroatoms. The highest BCUT2D eigenvalue weighted by atomic mass is 16.6. The van der Waals surface area contributed by atoms with Crippen LogP contribution in [0.4, 0.5) is 11.4 Å². The van der Waals surface area contributed by atoms with E-state index in [1.807, 2.05) is 31.2 Å². The van der Waals surface area contributed by atoms with Gasteiger partial charge in [-0.05, 0) is 30.7 Å². The fourth-order valence-corrected chi connectivity index (χ4v) is 2.10. The predicted octanol–water partition coefficient (Wildman–Crippen LogP) is 2.47. The van der Waals surface area contributed by atoms with Crippen LogP contribution >= 0.6 is 0 Å². The number of nitro groups is 1. The van der Waals surface area contributed by atoms with Crippen molar-refractivity contribution >= 4 is 23.5 Å². The number of carbonyl (C=O) groups excluding carboxylic acids is 1. The van der Waals surface area contributed by atoms with Crippen molar-refractivity contribution in [2.24, 2.45) is 5.10 Å². The largest absolute Gasteiger partial charge is 0.490 e. The zero-order valence-corrected chi connectivity index (χ0v) is 13.9. The van der Waals surface area contributed by atoms with Gasteiger partial charge in [0.05, 0.1) is 24.8 Å². The van der Waals surface area contributed by atoms with E-state index in [4.69, 9.17) is 4.74 Å². The van der Waals surface area contributed by atoms with Crippen molar-refractivity contribution < 1.29 is 14.5 Å². The monoisotopic (exact) mass is 342 g/mol. The summed E-state index contributed by atoms with van der Waals surface area (Å²) >= 11 is 0. The highest BCUT2D eigenvalue weighted by Gasteiger charge is 2.14. The van der Waals surface area contributed by atoms with E-state index in [2.05, 4.69) is 15.8 Å². The van der Waals surface area contributed by atoms with Gasteiger partial charge in [0.15, 0.2) is 5.75 Å². The van der Waals surface area contributed by atoms with E-state index in [0.717, 1.165) is 11.3 Å². The maximum atomic E-state index is 11.8. The molecule has 2 aromatic carbocycles. The Kier molecular flexibility index (Phi) is 6.05. The molecule has 130 valence electrons. The smallest absolute Gasteiger partial charge is 0.311 e. The maximum absolute atomic E-state index is 11.8. The molecule has 0 spiro atoms. The van der Waals surface area contributed by atoms with Gasteiger partial charge >= 0.3 is 5.69 Å². The second-order valence-corrected chi connectivity index (χ2v) is 5.15. The van der Waals surface area contributed by atoms with Crippen molar-refractivity contribution in [2.75, 3.05) is 19.0 Å². The zero-order valence-electron chi connectivity index (χ0n) is 13.9. The molecule has 25 heavy (non-hydrogen) atoms. The molecule has 2 rings (SSSR count).